The van der Waals surface area contributed by atoms with Crippen LogP contribution in [0.1, 0.15) is 6.92 Å². The molecule has 1 rings (SSSR count). The number of nitrogens with zero attached hydrogens (tertiary/aromatic N) is 1. The van der Waals surface area contributed by atoms with Gasteiger partial charge in [0.25, 0.3) is 5.91 Å². The number of urea groups is 1. The Morgan fingerprint density at radius 1 is 1.21 bits per heavy atom. The molecule has 0 aliphatic carbocycles. The van der Waals surface area contributed by atoms with Gasteiger partial charge in [0.1, 0.15) is 28.8 Å². The molecule has 0 bridgehead atoms. The molecule has 1 aromatic rings. The van der Waals surface area contributed by atoms with Crippen molar-refractivity contribution in [1.29, 1.82) is 5.26 Å². The molecular formula is C18H24N4O5S. The zero-order valence-electron chi connectivity index (χ0n) is 16.0. The second kappa shape index (κ2) is 12.5. The quantitative estimate of drug-likeness (QED) is 0.260. The van der Waals surface area contributed by atoms with E-state index in [9.17, 15) is 14.9 Å². The number of benzene rings is 1. The van der Waals surface area contributed by atoms with Crippen LogP contribution < -0.4 is 25.4 Å². The number of aliphatic hydroxyl groups excluding tert-OH is 1. The monoisotopic (exact) mass is 408 g/mol. The summed E-state index contributed by atoms with van der Waals surface area (Å²) in [5, 5.41) is 25.6. The molecule has 0 aliphatic heterocycles. The van der Waals surface area contributed by atoms with Crippen molar-refractivity contribution in [2.45, 2.75) is 6.92 Å². The smallest absolute Gasteiger partial charge is 0.326 e. The highest BCUT2D eigenvalue weighted by Gasteiger charge is 2.18. The van der Waals surface area contributed by atoms with E-state index in [4.69, 9.17) is 14.6 Å². The molecule has 9 nitrogen and oxygen atoms in total. The van der Waals surface area contributed by atoms with Gasteiger partial charge >= 0.3 is 6.03 Å². The van der Waals surface area contributed by atoms with Crippen LogP contribution in [0.2, 0.25) is 0 Å². The Hall–Kier alpha value is -2.90. The number of hydrogen-bond acceptors (Lipinski definition) is 8. The van der Waals surface area contributed by atoms with Crippen LogP contribution in [0, 0.1) is 11.3 Å². The van der Waals surface area contributed by atoms with Crippen molar-refractivity contribution in [1.82, 2.24) is 10.6 Å². The number of carbonyl (C=O) groups is 2. The number of para-hydroxylation sites is 1. The van der Waals surface area contributed by atoms with Crippen molar-refractivity contribution >= 4 is 29.4 Å². The number of nitriles is 1. The Morgan fingerprint density at radius 3 is 2.39 bits per heavy atom. The summed E-state index contributed by atoms with van der Waals surface area (Å²) in [5.41, 5.74) is 0.414. The highest BCUT2D eigenvalue weighted by molar-refractivity contribution is 7.99. The molecule has 28 heavy (non-hydrogen) atoms. The first-order valence-corrected chi connectivity index (χ1v) is 9.50. The van der Waals surface area contributed by atoms with E-state index < -0.39 is 11.9 Å². The molecule has 0 heterocycles. The van der Waals surface area contributed by atoms with Gasteiger partial charge in [-0.15, -0.1) is 0 Å². The number of imide groups is 1. The predicted octanol–water partition coefficient (Wildman–Crippen LogP) is 1.46. The van der Waals surface area contributed by atoms with Crippen molar-refractivity contribution in [3.8, 4) is 17.6 Å². The van der Waals surface area contributed by atoms with Gasteiger partial charge in [-0.25, -0.2) is 4.79 Å². The lowest BCUT2D eigenvalue weighted by Crippen LogP contribution is -2.36. The molecule has 0 saturated heterocycles. The molecular weight excluding hydrogens is 384 g/mol. The lowest BCUT2D eigenvalue weighted by molar-refractivity contribution is -0.116. The minimum atomic E-state index is -0.832. The number of anilines is 1. The lowest BCUT2D eigenvalue weighted by atomic mass is 10.2. The van der Waals surface area contributed by atoms with Crippen molar-refractivity contribution < 1.29 is 24.2 Å². The third-order valence-corrected chi connectivity index (χ3v) is 4.44. The van der Waals surface area contributed by atoms with E-state index >= 15 is 0 Å². The Labute approximate surface area is 168 Å². The average Bonchev–Trinajstić information content (AvgIpc) is 2.68. The van der Waals surface area contributed by atoms with Gasteiger partial charge < -0.3 is 25.2 Å². The van der Waals surface area contributed by atoms with Crippen molar-refractivity contribution in [2.75, 3.05) is 44.2 Å². The van der Waals surface area contributed by atoms with Gasteiger partial charge in [-0.2, -0.15) is 17.0 Å². The largest absolute Gasteiger partial charge is 0.494 e. The maximum absolute atomic E-state index is 12.3. The molecule has 1 aromatic carbocycles. The summed E-state index contributed by atoms with van der Waals surface area (Å²) in [6.07, 6.45) is 0. The molecule has 4 N–H and O–H groups in total. The number of hydrogen-bond donors (Lipinski definition) is 4. The number of carbonyl (C=O) groups excluding carboxylic acids is 2. The summed E-state index contributed by atoms with van der Waals surface area (Å²) in [6.45, 7) is 2.19. The molecule has 0 unspecified atom stereocenters. The topological polar surface area (TPSA) is 133 Å². The van der Waals surface area contributed by atoms with Crippen LogP contribution >= 0.6 is 11.8 Å². The molecule has 3 amide bonds. The fourth-order valence-electron chi connectivity index (χ4n) is 2.16. The second-order valence-corrected chi connectivity index (χ2v) is 6.55. The highest BCUT2D eigenvalue weighted by atomic mass is 32.2. The van der Waals surface area contributed by atoms with Crippen LogP contribution in [0.15, 0.2) is 29.5 Å². The van der Waals surface area contributed by atoms with Crippen LogP contribution in [-0.2, 0) is 4.79 Å². The van der Waals surface area contributed by atoms with E-state index in [2.05, 4.69) is 16.0 Å². The molecule has 0 radical (unpaired) electrons. The number of aliphatic hydroxyl groups is 1. The number of thioether (sulfide) groups is 1. The molecule has 152 valence electrons. The Kier molecular flexibility index (Phi) is 10.3. The van der Waals surface area contributed by atoms with E-state index in [1.54, 1.807) is 31.2 Å². The van der Waals surface area contributed by atoms with Crippen molar-refractivity contribution in [2.24, 2.45) is 0 Å². The van der Waals surface area contributed by atoms with Gasteiger partial charge in [-0.05, 0) is 19.1 Å². The molecule has 0 aromatic heterocycles. The fraction of sp³-hybridized carbons (Fsp3) is 0.389. The lowest BCUT2D eigenvalue weighted by Gasteiger charge is -2.14. The van der Waals surface area contributed by atoms with Gasteiger partial charge in [0.2, 0.25) is 0 Å². The van der Waals surface area contributed by atoms with Crippen molar-refractivity contribution in [3.63, 3.8) is 0 Å². The summed E-state index contributed by atoms with van der Waals surface area (Å²) >= 11 is 1.54. The SMILES string of the molecule is COc1cccc(OC)c1NC(=O)NC(=O)C(C#N)=C(C)NCCSCCO. The van der Waals surface area contributed by atoms with Crippen LogP contribution in [0.4, 0.5) is 10.5 Å². The first-order chi connectivity index (χ1) is 13.5. The van der Waals surface area contributed by atoms with Crippen LogP contribution in [0.3, 0.4) is 0 Å². The van der Waals surface area contributed by atoms with Gasteiger partial charge in [0, 0.05) is 23.7 Å². The fourth-order valence-corrected chi connectivity index (χ4v) is 2.74. The van der Waals surface area contributed by atoms with Gasteiger partial charge in [0.05, 0.1) is 20.8 Å². The first-order valence-electron chi connectivity index (χ1n) is 8.35. The Bertz CT molecular complexity index is 739. The predicted molar refractivity (Wildman–Crippen MR) is 107 cm³/mol. The number of ether oxygens (including phenoxy) is 2. The maximum Gasteiger partial charge on any atom is 0.326 e. The van der Waals surface area contributed by atoms with Crippen molar-refractivity contribution in [3.05, 3.63) is 29.5 Å². The van der Waals surface area contributed by atoms with E-state index in [1.165, 1.54) is 26.0 Å². The number of nitrogens with one attached hydrogen (secondary N) is 3. The molecule has 10 heteroatoms. The minimum Gasteiger partial charge on any atom is -0.494 e. The number of amides is 3. The summed E-state index contributed by atoms with van der Waals surface area (Å²) in [4.78, 5) is 24.5. The molecule has 0 spiro atoms. The molecule has 0 aliphatic rings. The molecule has 0 saturated carbocycles. The van der Waals surface area contributed by atoms with Crippen LogP contribution in [-0.4, -0.2) is 55.9 Å². The standard InChI is InChI=1S/C18H24N4O5S/c1-12(20-7-9-28-10-8-23)13(11-19)17(24)22-18(25)21-16-14(26-2)5-4-6-15(16)27-3/h4-6,20,23H,7-10H2,1-3H3,(H2,21,22,24,25). The summed E-state index contributed by atoms with van der Waals surface area (Å²) in [6, 6.07) is 5.92. The van der Waals surface area contributed by atoms with Gasteiger partial charge in [-0.3, -0.25) is 10.1 Å². The zero-order valence-corrected chi connectivity index (χ0v) is 16.8. The Balaban J connectivity index is 2.76. The Morgan fingerprint density at radius 2 is 1.86 bits per heavy atom. The van der Waals surface area contributed by atoms with Gasteiger partial charge in [0.15, 0.2) is 0 Å². The van der Waals surface area contributed by atoms with E-state index in [0.29, 0.717) is 35.2 Å². The number of allylic oxidation sites excluding steroid dienone is 1. The zero-order chi connectivity index (χ0) is 20.9. The number of rotatable bonds is 10. The first kappa shape index (κ1) is 23.1. The maximum atomic E-state index is 12.3. The summed E-state index contributed by atoms with van der Waals surface area (Å²) in [5.74, 6) is 1.20. The van der Waals surface area contributed by atoms with E-state index in [0.717, 1.165) is 0 Å². The molecule has 0 atom stereocenters. The average molecular weight is 408 g/mol. The third kappa shape index (κ3) is 7.02. The minimum absolute atomic E-state index is 0.0947. The van der Waals surface area contributed by atoms with E-state index in [-0.39, 0.29) is 17.9 Å². The number of methoxy groups -OCH3 is 2. The van der Waals surface area contributed by atoms with Gasteiger partial charge in [-0.1, -0.05) is 6.07 Å². The normalized spacial score (nSPS) is 11.0. The highest BCUT2D eigenvalue weighted by Crippen LogP contribution is 2.33. The van der Waals surface area contributed by atoms with Crippen LogP contribution in [0.5, 0.6) is 11.5 Å². The second-order valence-electron chi connectivity index (χ2n) is 5.32. The summed E-state index contributed by atoms with van der Waals surface area (Å²) in [7, 11) is 2.88. The molecule has 0 fully saturated rings. The third-order valence-electron chi connectivity index (χ3n) is 3.48. The summed E-state index contributed by atoms with van der Waals surface area (Å²) < 4.78 is 10.4. The van der Waals surface area contributed by atoms with E-state index in [1.807, 2.05) is 0 Å². The van der Waals surface area contributed by atoms with Crippen LogP contribution in [0.25, 0.3) is 0 Å².